The summed E-state index contributed by atoms with van der Waals surface area (Å²) in [4.78, 5) is 0. The van der Waals surface area contributed by atoms with Gasteiger partial charge in [0.25, 0.3) is 0 Å². The molecule has 0 atom stereocenters. The van der Waals surface area contributed by atoms with Gasteiger partial charge in [0.15, 0.2) is 10.9 Å². The summed E-state index contributed by atoms with van der Waals surface area (Å²) in [5.74, 6) is 0.253. The molecule has 0 saturated heterocycles. The number of thiocarbonyl (C=S) groups is 1. The van der Waals surface area contributed by atoms with Crippen molar-refractivity contribution in [3.05, 3.63) is 74.0 Å². The van der Waals surface area contributed by atoms with E-state index in [1.807, 2.05) is 12.1 Å². The Morgan fingerprint density at radius 1 is 1.19 bits per heavy atom. The van der Waals surface area contributed by atoms with Crippen LogP contribution in [0.5, 0.6) is 0 Å². The zero-order valence-electron chi connectivity index (χ0n) is 13.1. The molecule has 26 heavy (non-hydrogen) atoms. The van der Waals surface area contributed by atoms with Crippen LogP contribution < -0.4 is 10.6 Å². The third kappa shape index (κ3) is 4.82. The molecule has 0 unspecified atom stereocenters. The molecule has 0 aliphatic rings. The molecule has 3 rings (SSSR count). The van der Waals surface area contributed by atoms with Gasteiger partial charge in [-0.3, -0.25) is 4.68 Å². The van der Waals surface area contributed by atoms with Crippen molar-refractivity contribution in [3.8, 4) is 0 Å². The summed E-state index contributed by atoms with van der Waals surface area (Å²) in [7, 11) is 0. The Morgan fingerprint density at radius 2 is 1.96 bits per heavy atom. The van der Waals surface area contributed by atoms with Crippen molar-refractivity contribution in [1.82, 2.24) is 9.78 Å². The summed E-state index contributed by atoms with van der Waals surface area (Å²) in [5, 5.41) is 11.3. The summed E-state index contributed by atoms with van der Waals surface area (Å²) >= 11 is 18.3. The second kappa shape index (κ2) is 8.47. The fourth-order valence-corrected chi connectivity index (χ4v) is 3.56. The summed E-state index contributed by atoms with van der Waals surface area (Å²) in [6.07, 6.45) is 1.75. The van der Waals surface area contributed by atoms with E-state index < -0.39 is 0 Å². The van der Waals surface area contributed by atoms with Crippen LogP contribution in [0.25, 0.3) is 0 Å². The molecular formula is C17H12Br2ClFN4S. The number of halogens is 4. The molecule has 0 aliphatic heterocycles. The molecule has 0 amide bonds. The first-order chi connectivity index (χ1) is 12.4. The van der Waals surface area contributed by atoms with Crippen molar-refractivity contribution in [3.63, 3.8) is 0 Å². The van der Waals surface area contributed by atoms with Crippen molar-refractivity contribution in [2.75, 3.05) is 10.6 Å². The molecule has 134 valence electrons. The highest BCUT2D eigenvalue weighted by Gasteiger charge is 2.11. The number of nitrogens with one attached hydrogen (secondary N) is 2. The van der Waals surface area contributed by atoms with Crippen LogP contribution in [-0.2, 0) is 6.54 Å². The highest BCUT2D eigenvalue weighted by molar-refractivity contribution is 9.10. The first-order valence-corrected chi connectivity index (χ1v) is 9.79. The Labute approximate surface area is 177 Å². The Hall–Kier alpha value is -1.48. The third-order valence-electron chi connectivity index (χ3n) is 3.42. The van der Waals surface area contributed by atoms with Gasteiger partial charge in [-0.1, -0.05) is 45.7 Å². The maximum atomic E-state index is 13.8. The zero-order valence-corrected chi connectivity index (χ0v) is 17.9. The van der Waals surface area contributed by atoms with Crippen molar-refractivity contribution < 1.29 is 4.39 Å². The number of hydrogen-bond acceptors (Lipinski definition) is 2. The minimum Gasteiger partial charge on any atom is -0.331 e. The molecule has 0 saturated carbocycles. The Kier molecular flexibility index (Phi) is 6.29. The van der Waals surface area contributed by atoms with E-state index in [4.69, 9.17) is 23.8 Å². The maximum absolute atomic E-state index is 13.8. The highest BCUT2D eigenvalue weighted by Crippen LogP contribution is 2.26. The van der Waals surface area contributed by atoms with Crippen LogP contribution in [0.1, 0.15) is 5.56 Å². The van der Waals surface area contributed by atoms with E-state index in [9.17, 15) is 4.39 Å². The SMILES string of the molecule is Fc1ccccc1Cn1cc(Br)c(NC(=S)Nc2ccc(Br)cc2Cl)n1. The first-order valence-electron chi connectivity index (χ1n) is 7.42. The predicted molar refractivity (Wildman–Crippen MR) is 114 cm³/mol. The predicted octanol–water partition coefficient (Wildman–Crippen LogP) is 6.06. The number of anilines is 2. The fourth-order valence-electron chi connectivity index (χ4n) is 2.22. The molecule has 0 aliphatic carbocycles. The average molecular weight is 519 g/mol. The van der Waals surface area contributed by atoms with Crippen LogP contribution in [0.2, 0.25) is 5.02 Å². The second-order valence-corrected chi connectivity index (χ2v) is 7.90. The summed E-state index contributed by atoms with van der Waals surface area (Å²) in [5.41, 5.74) is 1.23. The smallest absolute Gasteiger partial charge is 0.176 e. The number of hydrogen-bond donors (Lipinski definition) is 2. The maximum Gasteiger partial charge on any atom is 0.176 e. The van der Waals surface area contributed by atoms with Crippen LogP contribution in [-0.4, -0.2) is 14.9 Å². The van der Waals surface area contributed by atoms with Gasteiger partial charge in [0.1, 0.15) is 5.82 Å². The second-order valence-electron chi connectivity index (χ2n) is 5.32. The average Bonchev–Trinajstić information content (AvgIpc) is 2.92. The lowest BCUT2D eigenvalue weighted by Gasteiger charge is -2.10. The molecule has 2 N–H and O–H groups in total. The van der Waals surface area contributed by atoms with E-state index in [2.05, 4.69) is 47.6 Å². The lowest BCUT2D eigenvalue weighted by molar-refractivity contribution is 0.586. The number of aromatic nitrogens is 2. The number of benzene rings is 2. The van der Waals surface area contributed by atoms with Crippen molar-refractivity contribution in [2.24, 2.45) is 0 Å². The van der Waals surface area contributed by atoms with Crippen LogP contribution in [0, 0.1) is 5.82 Å². The summed E-state index contributed by atoms with van der Waals surface area (Å²) in [6.45, 7) is 0.311. The van der Waals surface area contributed by atoms with E-state index in [1.165, 1.54) is 6.07 Å². The molecule has 0 radical (unpaired) electrons. The molecule has 0 fully saturated rings. The van der Waals surface area contributed by atoms with Crippen LogP contribution in [0.4, 0.5) is 15.9 Å². The molecule has 4 nitrogen and oxygen atoms in total. The van der Waals surface area contributed by atoms with Crippen LogP contribution >= 0.6 is 55.7 Å². The fraction of sp³-hybridized carbons (Fsp3) is 0.0588. The van der Waals surface area contributed by atoms with Gasteiger partial charge in [0.05, 0.1) is 21.7 Å². The monoisotopic (exact) mass is 516 g/mol. The molecule has 1 heterocycles. The zero-order chi connectivity index (χ0) is 18.7. The topological polar surface area (TPSA) is 41.9 Å². The molecular weight excluding hydrogens is 507 g/mol. The van der Waals surface area contributed by atoms with E-state index in [-0.39, 0.29) is 5.82 Å². The van der Waals surface area contributed by atoms with Crippen molar-refractivity contribution in [2.45, 2.75) is 6.54 Å². The third-order valence-corrected chi connectivity index (χ3v) is 5.01. The van der Waals surface area contributed by atoms with Crippen molar-refractivity contribution in [1.29, 1.82) is 0 Å². The van der Waals surface area contributed by atoms with E-state index >= 15 is 0 Å². The molecule has 3 aromatic rings. The van der Waals surface area contributed by atoms with Crippen LogP contribution in [0.15, 0.2) is 57.6 Å². The standard InChI is InChI=1S/C17H12Br2ClFN4S/c18-11-5-6-15(13(20)7-11)22-17(26)23-16-12(19)9-25(24-16)8-10-3-1-2-4-14(10)21/h1-7,9H,8H2,(H2,22,23,24,26). The van der Waals surface area contributed by atoms with E-state index in [1.54, 1.807) is 35.1 Å². The quantitative estimate of drug-likeness (QED) is 0.412. The largest absolute Gasteiger partial charge is 0.331 e. The van der Waals surface area contributed by atoms with E-state index in [0.717, 1.165) is 4.47 Å². The lowest BCUT2D eigenvalue weighted by atomic mass is 10.2. The van der Waals surface area contributed by atoms with Crippen LogP contribution in [0.3, 0.4) is 0 Å². The van der Waals surface area contributed by atoms with Gasteiger partial charge in [0, 0.05) is 16.2 Å². The van der Waals surface area contributed by atoms with Gasteiger partial charge in [-0.05, 0) is 52.4 Å². The highest BCUT2D eigenvalue weighted by atomic mass is 79.9. The van der Waals surface area contributed by atoms with E-state index in [0.29, 0.717) is 38.2 Å². The number of nitrogens with zero attached hydrogens (tertiary/aromatic N) is 2. The summed E-state index contributed by atoms with van der Waals surface area (Å²) in [6, 6.07) is 12.0. The van der Waals surface area contributed by atoms with Gasteiger partial charge >= 0.3 is 0 Å². The van der Waals surface area contributed by atoms with Gasteiger partial charge in [0.2, 0.25) is 0 Å². The summed E-state index contributed by atoms with van der Waals surface area (Å²) < 4.78 is 17.0. The van der Waals surface area contributed by atoms with Gasteiger partial charge in [-0.15, -0.1) is 0 Å². The lowest BCUT2D eigenvalue weighted by Crippen LogP contribution is -2.20. The minimum absolute atomic E-state index is 0.268. The molecule has 1 aromatic heterocycles. The Bertz CT molecular complexity index is 964. The van der Waals surface area contributed by atoms with Crippen molar-refractivity contribution >= 4 is 72.3 Å². The number of rotatable bonds is 4. The molecule has 0 bridgehead atoms. The van der Waals surface area contributed by atoms with Gasteiger partial charge in [-0.2, -0.15) is 5.10 Å². The van der Waals surface area contributed by atoms with Gasteiger partial charge in [-0.25, -0.2) is 4.39 Å². The minimum atomic E-state index is -0.268. The Balaban J connectivity index is 1.69. The van der Waals surface area contributed by atoms with Gasteiger partial charge < -0.3 is 10.6 Å². The Morgan fingerprint density at radius 3 is 2.69 bits per heavy atom. The molecule has 2 aromatic carbocycles. The normalized spacial score (nSPS) is 10.6. The molecule has 0 spiro atoms. The molecule has 9 heteroatoms. The first kappa shape index (κ1) is 19.3.